The van der Waals surface area contributed by atoms with E-state index in [2.05, 4.69) is 177 Å². The van der Waals surface area contributed by atoms with Crippen LogP contribution in [-0.2, 0) is 0 Å². The Kier molecular flexibility index (Phi) is 7.06. The molecule has 0 spiro atoms. The highest BCUT2D eigenvalue weighted by Crippen LogP contribution is 2.39. The first kappa shape index (κ1) is 28.8. The highest BCUT2D eigenvalue weighted by atomic mass is 14.9. The van der Waals surface area contributed by atoms with Crippen LogP contribution in [-0.4, -0.2) is 9.97 Å². The Morgan fingerprint density at radius 2 is 0.816 bits per heavy atom. The Labute approximate surface area is 286 Å². The molecule has 0 fully saturated rings. The minimum atomic E-state index is 0.720. The number of aromatic nitrogens is 2. The topological polar surface area (TPSA) is 25.8 Å². The van der Waals surface area contributed by atoms with Crippen molar-refractivity contribution in [2.45, 2.75) is 6.92 Å². The lowest BCUT2D eigenvalue weighted by atomic mass is 9.92. The number of hydrogen-bond donors (Lipinski definition) is 0. The molecule has 0 aliphatic rings. The molecule has 0 radical (unpaired) electrons. The summed E-state index contributed by atoms with van der Waals surface area (Å²) in [5.41, 5.74) is 12.5. The van der Waals surface area contributed by atoms with Crippen LogP contribution in [0.2, 0.25) is 0 Å². The van der Waals surface area contributed by atoms with Crippen LogP contribution in [0.3, 0.4) is 0 Å². The molecular weight excluding hydrogens is 593 g/mol. The second-order valence-electron chi connectivity index (χ2n) is 12.7. The largest absolute Gasteiger partial charge is 0.228 e. The minimum Gasteiger partial charge on any atom is -0.228 e. The summed E-state index contributed by atoms with van der Waals surface area (Å²) >= 11 is 0. The molecule has 8 aromatic carbocycles. The lowest BCUT2D eigenvalue weighted by Gasteiger charge is -2.15. The monoisotopic (exact) mass is 624 g/mol. The molecule has 0 saturated carbocycles. The third kappa shape index (κ3) is 5.24. The number of hydrogen-bond acceptors (Lipinski definition) is 2. The molecule has 0 aliphatic heterocycles. The van der Waals surface area contributed by atoms with E-state index in [9.17, 15) is 0 Å². The number of nitrogens with zero attached hydrogens (tertiary/aromatic N) is 2. The predicted octanol–water partition coefficient (Wildman–Crippen LogP) is 12.6. The standard InChI is InChI=1S/C47H32N2/c1-31-17-19-32(20-18-31)33-21-23-36(24-22-33)40-29-30-43(42-13-5-4-12-41(40)42)46-44-14-6-7-16-45(44)48-47(49-46)37-27-25-35(26-28-37)39-15-8-10-34-9-2-3-11-38(34)39/h2-30H,1H3. The molecule has 0 bridgehead atoms. The third-order valence-corrected chi connectivity index (χ3v) is 9.61. The van der Waals surface area contributed by atoms with Gasteiger partial charge in [-0.15, -0.1) is 0 Å². The molecule has 0 unspecified atom stereocenters. The van der Waals surface area contributed by atoms with Gasteiger partial charge in [0, 0.05) is 16.5 Å². The fourth-order valence-corrected chi connectivity index (χ4v) is 7.03. The number of benzene rings is 8. The first-order chi connectivity index (χ1) is 24.2. The highest BCUT2D eigenvalue weighted by molar-refractivity contribution is 6.08. The maximum atomic E-state index is 5.29. The van der Waals surface area contributed by atoms with Crippen LogP contribution >= 0.6 is 0 Å². The summed E-state index contributed by atoms with van der Waals surface area (Å²) in [4.78, 5) is 10.3. The summed E-state index contributed by atoms with van der Waals surface area (Å²) in [6.45, 7) is 2.12. The Balaban J connectivity index is 1.14. The van der Waals surface area contributed by atoms with E-state index in [-0.39, 0.29) is 0 Å². The van der Waals surface area contributed by atoms with Crippen LogP contribution in [0.4, 0.5) is 0 Å². The first-order valence-electron chi connectivity index (χ1n) is 16.7. The van der Waals surface area contributed by atoms with Crippen molar-refractivity contribution in [2.24, 2.45) is 0 Å². The summed E-state index contributed by atoms with van der Waals surface area (Å²) in [6, 6.07) is 62.8. The van der Waals surface area contributed by atoms with Crippen LogP contribution in [0.15, 0.2) is 176 Å². The highest BCUT2D eigenvalue weighted by Gasteiger charge is 2.16. The van der Waals surface area contributed by atoms with E-state index in [1.807, 2.05) is 6.07 Å². The Morgan fingerprint density at radius 3 is 1.53 bits per heavy atom. The summed E-state index contributed by atoms with van der Waals surface area (Å²) in [5, 5.41) is 5.90. The van der Waals surface area contributed by atoms with E-state index in [0.29, 0.717) is 0 Å². The van der Waals surface area contributed by atoms with E-state index in [4.69, 9.17) is 9.97 Å². The van der Waals surface area contributed by atoms with E-state index < -0.39 is 0 Å². The quantitative estimate of drug-likeness (QED) is 0.190. The summed E-state index contributed by atoms with van der Waals surface area (Å²) < 4.78 is 0. The van der Waals surface area contributed by atoms with Gasteiger partial charge in [0.25, 0.3) is 0 Å². The fourth-order valence-electron chi connectivity index (χ4n) is 7.03. The van der Waals surface area contributed by atoms with Crippen molar-refractivity contribution in [3.63, 3.8) is 0 Å². The van der Waals surface area contributed by atoms with E-state index in [1.54, 1.807) is 0 Å². The molecule has 0 saturated heterocycles. The van der Waals surface area contributed by atoms with Crippen LogP contribution in [0.25, 0.3) is 88.5 Å². The molecule has 1 heterocycles. The summed E-state index contributed by atoms with van der Waals surface area (Å²) in [6.07, 6.45) is 0. The molecule has 0 N–H and O–H groups in total. The number of aryl methyl sites for hydroxylation is 1. The molecule has 9 aromatic rings. The van der Waals surface area contributed by atoms with Crippen LogP contribution in [0, 0.1) is 6.92 Å². The zero-order valence-electron chi connectivity index (χ0n) is 27.1. The molecular formula is C47H32N2. The van der Waals surface area contributed by atoms with Gasteiger partial charge >= 0.3 is 0 Å². The smallest absolute Gasteiger partial charge is 0.160 e. The average Bonchev–Trinajstić information content (AvgIpc) is 3.17. The van der Waals surface area contributed by atoms with Gasteiger partial charge in [-0.1, -0.05) is 175 Å². The van der Waals surface area contributed by atoms with Gasteiger partial charge in [0.2, 0.25) is 0 Å². The number of para-hydroxylation sites is 1. The van der Waals surface area contributed by atoms with E-state index >= 15 is 0 Å². The third-order valence-electron chi connectivity index (χ3n) is 9.61. The molecule has 0 aliphatic carbocycles. The Hall–Kier alpha value is -6.38. The van der Waals surface area contributed by atoms with Gasteiger partial charge in [-0.3, -0.25) is 0 Å². The second kappa shape index (κ2) is 12.0. The van der Waals surface area contributed by atoms with Gasteiger partial charge in [0.15, 0.2) is 5.82 Å². The van der Waals surface area contributed by atoms with Crippen LogP contribution in [0.1, 0.15) is 5.56 Å². The van der Waals surface area contributed by atoms with Crippen LogP contribution < -0.4 is 0 Å². The molecule has 2 nitrogen and oxygen atoms in total. The van der Waals surface area contributed by atoms with Crippen molar-refractivity contribution in [3.8, 4) is 56.0 Å². The van der Waals surface area contributed by atoms with Gasteiger partial charge in [-0.05, 0) is 67.9 Å². The molecule has 230 valence electrons. The number of rotatable bonds is 5. The van der Waals surface area contributed by atoms with Gasteiger partial charge in [0.05, 0.1) is 11.2 Å². The molecule has 0 atom stereocenters. The van der Waals surface area contributed by atoms with Crippen molar-refractivity contribution in [3.05, 3.63) is 181 Å². The first-order valence-corrected chi connectivity index (χ1v) is 16.7. The van der Waals surface area contributed by atoms with E-state index in [0.717, 1.165) is 33.5 Å². The predicted molar refractivity (Wildman–Crippen MR) is 206 cm³/mol. The van der Waals surface area contributed by atoms with Gasteiger partial charge < -0.3 is 0 Å². The minimum absolute atomic E-state index is 0.720. The summed E-state index contributed by atoms with van der Waals surface area (Å²) in [5.74, 6) is 0.720. The molecule has 1 aromatic heterocycles. The zero-order chi connectivity index (χ0) is 32.7. The molecule has 9 rings (SSSR count). The van der Waals surface area contributed by atoms with E-state index in [1.165, 1.54) is 60.5 Å². The lowest BCUT2D eigenvalue weighted by molar-refractivity contribution is 1.23. The zero-order valence-corrected chi connectivity index (χ0v) is 27.1. The van der Waals surface area contributed by atoms with Crippen molar-refractivity contribution in [1.82, 2.24) is 9.97 Å². The molecule has 49 heavy (non-hydrogen) atoms. The maximum Gasteiger partial charge on any atom is 0.160 e. The maximum absolute atomic E-state index is 5.29. The second-order valence-corrected chi connectivity index (χ2v) is 12.7. The van der Waals surface area contributed by atoms with Gasteiger partial charge in [0.1, 0.15) is 0 Å². The Bertz CT molecular complexity index is 2630. The normalized spacial score (nSPS) is 11.4. The van der Waals surface area contributed by atoms with Crippen molar-refractivity contribution < 1.29 is 0 Å². The van der Waals surface area contributed by atoms with Crippen molar-refractivity contribution in [2.75, 3.05) is 0 Å². The molecule has 2 heteroatoms. The number of fused-ring (bicyclic) bond motifs is 3. The van der Waals surface area contributed by atoms with Crippen molar-refractivity contribution >= 4 is 32.4 Å². The van der Waals surface area contributed by atoms with Crippen molar-refractivity contribution in [1.29, 1.82) is 0 Å². The SMILES string of the molecule is Cc1ccc(-c2ccc(-c3ccc(-c4nc(-c5ccc(-c6cccc7ccccc67)cc5)nc5ccccc45)c4ccccc34)cc2)cc1. The Morgan fingerprint density at radius 1 is 0.327 bits per heavy atom. The molecule has 0 amide bonds. The van der Waals surface area contributed by atoms with Gasteiger partial charge in [-0.2, -0.15) is 0 Å². The van der Waals surface area contributed by atoms with Gasteiger partial charge in [-0.25, -0.2) is 9.97 Å². The lowest BCUT2D eigenvalue weighted by Crippen LogP contribution is -1.96. The average molecular weight is 625 g/mol. The van der Waals surface area contributed by atoms with Crippen LogP contribution in [0.5, 0.6) is 0 Å². The fraction of sp³-hybridized carbons (Fsp3) is 0.0213. The summed E-state index contributed by atoms with van der Waals surface area (Å²) in [7, 11) is 0.